The zero-order chi connectivity index (χ0) is 46.2. The van der Waals surface area contributed by atoms with E-state index in [9.17, 15) is 34.2 Å². The lowest BCUT2D eigenvalue weighted by Crippen LogP contribution is -2.54. The standard InChI is InChI=1S/C49H56N6O11/c1-32-40(56)27-41(57)44(45(32)66-31-33-6-3-2-4-7-33)48(61)54-29-35-11-10-34(26-36(35)30-54)28-53-17-15-52(16-18-53)19-21-64-23-25-65-24-22-63-20-14-50-38-9-5-8-37-43(38)49(62)55(47(37)60)39-12-13-42(58)51-46(39)59/h2-11,26-27,39,50,56-57H,12-25,28-31H2,1H3,(H,51,58,59). The molecule has 4 heterocycles. The van der Waals surface area contributed by atoms with Gasteiger partial charge in [0, 0.05) is 82.6 Å². The minimum absolute atomic E-state index is 0.0512. The molecule has 1 atom stereocenters. The van der Waals surface area contributed by atoms with Crippen molar-refractivity contribution in [3.63, 3.8) is 0 Å². The van der Waals surface area contributed by atoms with Crippen molar-refractivity contribution in [3.8, 4) is 17.2 Å². The van der Waals surface area contributed by atoms with E-state index < -0.39 is 29.7 Å². The van der Waals surface area contributed by atoms with Gasteiger partial charge in [-0.3, -0.25) is 44.0 Å². The number of benzene rings is 4. The van der Waals surface area contributed by atoms with Crippen molar-refractivity contribution >= 4 is 35.2 Å². The highest BCUT2D eigenvalue weighted by atomic mass is 16.5. The Balaban J connectivity index is 0.680. The number of hydrogen-bond acceptors (Lipinski definition) is 14. The molecule has 5 amide bonds. The number of aromatic hydroxyl groups is 2. The summed E-state index contributed by atoms with van der Waals surface area (Å²) >= 11 is 0. The number of hydrogen-bond donors (Lipinski definition) is 4. The minimum atomic E-state index is -1.02. The summed E-state index contributed by atoms with van der Waals surface area (Å²) in [5.74, 6) is -2.80. The summed E-state index contributed by atoms with van der Waals surface area (Å²) in [6.45, 7) is 11.1. The lowest BCUT2D eigenvalue weighted by molar-refractivity contribution is -0.136. The Morgan fingerprint density at radius 2 is 1.47 bits per heavy atom. The van der Waals surface area contributed by atoms with Gasteiger partial charge in [-0.1, -0.05) is 54.6 Å². The van der Waals surface area contributed by atoms with Gasteiger partial charge in [0.05, 0.1) is 50.8 Å². The minimum Gasteiger partial charge on any atom is -0.507 e. The highest BCUT2D eigenvalue weighted by molar-refractivity contribution is 6.25. The molecule has 0 aromatic heterocycles. The summed E-state index contributed by atoms with van der Waals surface area (Å²) < 4.78 is 23.2. The van der Waals surface area contributed by atoms with E-state index in [2.05, 4.69) is 38.6 Å². The number of imide groups is 2. The van der Waals surface area contributed by atoms with E-state index >= 15 is 0 Å². The maximum absolute atomic E-state index is 13.9. The van der Waals surface area contributed by atoms with Crippen LogP contribution in [-0.2, 0) is 50.0 Å². The fourth-order valence-corrected chi connectivity index (χ4v) is 8.78. The van der Waals surface area contributed by atoms with Crippen LogP contribution in [-0.4, -0.2) is 144 Å². The molecule has 4 aliphatic heterocycles. The molecule has 1 unspecified atom stereocenters. The predicted molar refractivity (Wildman–Crippen MR) is 241 cm³/mol. The number of carbonyl (C=O) groups excluding carboxylic acids is 5. The lowest BCUT2D eigenvalue weighted by atomic mass is 10.0. The predicted octanol–water partition coefficient (Wildman–Crippen LogP) is 3.82. The summed E-state index contributed by atoms with van der Waals surface area (Å²) in [5, 5.41) is 26.7. The van der Waals surface area contributed by atoms with E-state index in [1.54, 1.807) is 30.0 Å². The average molecular weight is 905 g/mol. The Hall–Kier alpha value is -6.37. The third kappa shape index (κ3) is 10.7. The SMILES string of the molecule is Cc1c(O)cc(O)c(C(=O)N2Cc3ccc(CN4CCN(CCOCCOCCOCCNc5cccc6c5C(=O)N(C5CCC(=O)NC5=O)C6=O)CC4)cc3C2)c1OCc1ccccc1. The van der Waals surface area contributed by atoms with Crippen LogP contribution in [0.25, 0.3) is 0 Å². The number of carbonyl (C=O) groups is 5. The first-order chi connectivity index (χ1) is 32.0. The van der Waals surface area contributed by atoms with Crippen LogP contribution < -0.4 is 15.4 Å². The number of nitrogens with zero attached hydrogens (tertiary/aromatic N) is 4. The largest absolute Gasteiger partial charge is 0.507 e. The number of rotatable bonds is 20. The summed E-state index contributed by atoms with van der Waals surface area (Å²) in [6, 6.07) is 21.0. The Labute approximate surface area is 383 Å². The normalized spacial score (nSPS) is 17.6. The van der Waals surface area contributed by atoms with Gasteiger partial charge < -0.3 is 39.4 Å². The van der Waals surface area contributed by atoms with Gasteiger partial charge in [0.2, 0.25) is 11.8 Å². The second kappa shape index (κ2) is 21.3. The average Bonchev–Trinajstić information content (AvgIpc) is 3.85. The Morgan fingerprint density at radius 3 is 2.23 bits per heavy atom. The maximum Gasteiger partial charge on any atom is 0.264 e. The van der Waals surface area contributed by atoms with Crippen LogP contribution >= 0.6 is 0 Å². The second-order valence-electron chi connectivity index (χ2n) is 16.8. The molecule has 4 aromatic carbocycles. The third-order valence-electron chi connectivity index (χ3n) is 12.4. The fraction of sp³-hybridized carbons (Fsp3) is 0.408. The number of phenols is 2. The van der Waals surface area contributed by atoms with Gasteiger partial charge in [0.1, 0.15) is 35.5 Å². The molecule has 66 heavy (non-hydrogen) atoms. The molecule has 2 fully saturated rings. The van der Waals surface area contributed by atoms with E-state index in [1.165, 1.54) is 11.6 Å². The Bertz CT molecular complexity index is 2440. The first kappa shape index (κ1) is 46.2. The zero-order valence-corrected chi connectivity index (χ0v) is 37.1. The van der Waals surface area contributed by atoms with Crippen molar-refractivity contribution in [3.05, 3.63) is 117 Å². The topological polar surface area (TPSA) is 200 Å². The molecule has 4 aliphatic rings. The van der Waals surface area contributed by atoms with Crippen LogP contribution in [0.4, 0.5) is 5.69 Å². The van der Waals surface area contributed by atoms with Crippen LogP contribution in [0.15, 0.2) is 72.8 Å². The van der Waals surface area contributed by atoms with E-state index in [0.29, 0.717) is 70.5 Å². The number of phenolic OH excluding ortho intramolecular Hbond substituents is 2. The smallest absolute Gasteiger partial charge is 0.264 e. The van der Waals surface area contributed by atoms with Gasteiger partial charge in [-0.2, -0.15) is 0 Å². The van der Waals surface area contributed by atoms with Gasteiger partial charge in [-0.05, 0) is 47.7 Å². The zero-order valence-electron chi connectivity index (χ0n) is 37.1. The molecule has 8 rings (SSSR count). The van der Waals surface area contributed by atoms with Crippen LogP contribution in [0.3, 0.4) is 0 Å². The highest BCUT2D eigenvalue weighted by Crippen LogP contribution is 2.40. The number of piperazine rings is 1. The van der Waals surface area contributed by atoms with E-state index in [-0.39, 0.29) is 59.3 Å². The van der Waals surface area contributed by atoms with Gasteiger partial charge >= 0.3 is 0 Å². The van der Waals surface area contributed by atoms with Crippen molar-refractivity contribution in [1.82, 2.24) is 24.9 Å². The van der Waals surface area contributed by atoms with Crippen LogP contribution in [0.1, 0.15) is 71.7 Å². The Kier molecular flexibility index (Phi) is 14.9. The highest BCUT2D eigenvalue weighted by Gasteiger charge is 2.45. The molecule has 0 aliphatic carbocycles. The van der Waals surface area contributed by atoms with Crippen molar-refractivity contribution < 1.29 is 53.1 Å². The monoisotopic (exact) mass is 904 g/mol. The Morgan fingerprint density at radius 1 is 0.758 bits per heavy atom. The fourth-order valence-electron chi connectivity index (χ4n) is 8.78. The van der Waals surface area contributed by atoms with Gasteiger partial charge in [0.25, 0.3) is 17.7 Å². The summed E-state index contributed by atoms with van der Waals surface area (Å²) in [7, 11) is 0. The molecule has 17 nitrogen and oxygen atoms in total. The number of piperidine rings is 1. The maximum atomic E-state index is 13.9. The quantitative estimate of drug-likeness (QED) is 0.0737. The van der Waals surface area contributed by atoms with E-state index in [1.807, 2.05) is 30.3 Å². The molecule has 2 saturated heterocycles. The van der Waals surface area contributed by atoms with Crippen molar-refractivity contribution in [2.24, 2.45) is 0 Å². The molecular formula is C49H56N6O11. The van der Waals surface area contributed by atoms with E-state index in [0.717, 1.165) is 60.9 Å². The third-order valence-corrected chi connectivity index (χ3v) is 12.4. The molecule has 0 spiro atoms. The van der Waals surface area contributed by atoms with E-state index in [4.69, 9.17) is 18.9 Å². The molecule has 4 aromatic rings. The van der Waals surface area contributed by atoms with Crippen LogP contribution in [0.2, 0.25) is 0 Å². The second-order valence-corrected chi connectivity index (χ2v) is 16.8. The molecule has 0 saturated carbocycles. The van der Waals surface area contributed by atoms with Crippen molar-refractivity contribution in [1.29, 1.82) is 0 Å². The number of ether oxygens (including phenoxy) is 4. The van der Waals surface area contributed by atoms with Gasteiger partial charge in [0.15, 0.2) is 0 Å². The number of amides is 5. The number of fused-ring (bicyclic) bond motifs is 2. The summed E-state index contributed by atoms with van der Waals surface area (Å²) in [4.78, 5) is 71.7. The summed E-state index contributed by atoms with van der Waals surface area (Å²) in [6.07, 6.45) is 0.161. The van der Waals surface area contributed by atoms with Gasteiger partial charge in [-0.25, -0.2) is 0 Å². The molecule has 348 valence electrons. The summed E-state index contributed by atoms with van der Waals surface area (Å²) in [5.41, 5.74) is 5.59. The van der Waals surface area contributed by atoms with Gasteiger partial charge in [-0.15, -0.1) is 0 Å². The molecule has 17 heteroatoms. The molecule has 0 bridgehead atoms. The number of anilines is 1. The molecular weight excluding hydrogens is 849 g/mol. The molecule has 4 N–H and O–H groups in total. The first-order valence-corrected chi connectivity index (χ1v) is 22.4. The lowest BCUT2D eigenvalue weighted by Gasteiger charge is -2.34. The van der Waals surface area contributed by atoms with Crippen molar-refractivity contribution in [2.75, 3.05) is 84.2 Å². The van der Waals surface area contributed by atoms with Crippen LogP contribution in [0.5, 0.6) is 17.2 Å². The van der Waals surface area contributed by atoms with Crippen molar-refractivity contribution in [2.45, 2.75) is 52.0 Å². The first-order valence-electron chi connectivity index (χ1n) is 22.4. The number of nitrogens with one attached hydrogen (secondary N) is 2. The van der Waals surface area contributed by atoms with Crippen LogP contribution in [0, 0.1) is 6.92 Å². The molecule has 0 radical (unpaired) electrons.